The third-order valence-corrected chi connectivity index (χ3v) is 2.60. The molecular formula is C13H18FNO2. The number of rotatable bonds is 6. The van der Waals surface area contributed by atoms with E-state index in [1.807, 2.05) is 6.92 Å². The topological polar surface area (TPSA) is 49.3 Å². The molecule has 4 heteroatoms. The Morgan fingerprint density at radius 1 is 1.53 bits per heavy atom. The number of aryl methyl sites for hydroxylation is 1. The zero-order chi connectivity index (χ0) is 12.8. The lowest BCUT2D eigenvalue weighted by Gasteiger charge is -2.16. The number of nitrogens with one attached hydrogen (secondary N) is 1. The first-order valence-electron chi connectivity index (χ1n) is 5.80. The molecule has 1 rings (SSSR count). The van der Waals surface area contributed by atoms with Gasteiger partial charge in [-0.2, -0.15) is 0 Å². The predicted molar refractivity (Wildman–Crippen MR) is 65.7 cm³/mol. The highest BCUT2D eigenvalue weighted by Crippen LogP contribution is 2.17. The number of carboxylic acid groups (broad SMARTS) is 1. The van der Waals surface area contributed by atoms with Crippen LogP contribution < -0.4 is 5.32 Å². The molecule has 17 heavy (non-hydrogen) atoms. The largest absolute Gasteiger partial charge is 0.480 e. The van der Waals surface area contributed by atoms with E-state index in [0.717, 1.165) is 18.4 Å². The summed E-state index contributed by atoms with van der Waals surface area (Å²) in [5, 5.41) is 11.8. The van der Waals surface area contributed by atoms with Gasteiger partial charge in [-0.25, -0.2) is 9.18 Å². The van der Waals surface area contributed by atoms with Gasteiger partial charge in [0.2, 0.25) is 0 Å². The number of aliphatic carboxylic acids is 1. The molecule has 0 aliphatic carbocycles. The van der Waals surface area contributed by atoms with Crippen LogP contribution in [0.15, 0.2) is 18.2 Å². The minimum atomic E-state index is -0.946. The highest BCUT2D eigenvalue weighted by molar-refractivity contribution is 5.77. The van der Waals surface area contributed by atoms with Crippen LogP contribution in [-0.4, -0.2) is 17.1 Å². The monoisotopic (exact) mass is 239 g/mol. The number of anilines is 1. The fourth-order valence-electron chi connectivity index (χ4n) is 1.59. The number of benzene rings is 1. The first-order chi connectivity index (χ1) is 8.04. The molecular weight excluding hydrogens is 221 g/mol. The van der Waals surface area contributed by atoms with Gasteiger partial charge < -0.3 is 10.4 Å². The minimum absolute atomic E-state index is 0.249. The molecule has 0 aliphatic heterocycles. The molecule has 0 fully saturated rings. The Morgan fingerprint density at radius 2 is 2.24 bits per heavy atom. The van der Waals surface area contributed by atoms with Crippen molar-refractivity contribution in [3.05, 3.63) is 29.6 Å². The third-order valence-electron chi connectivity index (χ3n) is 2.60. The summed E-state index contributed by atoms with van der Waals surface area (Å²) < 4.78 is 13.5. The first-order valence-corrected chi connectivity index (χ1v) is 5.80. The molecule has 0 heterocycles. The van der Waals surface area contributed by atoms with Crippen LogP contribution in [0.1, 0.15) is 31.7 Å². The van der Waals surface area contributed by atoms with Crippen molar-refractivity contribution in [2.45, 2.75) is 39.2 Å². The lowest BCUT2D eigenvalue weighted by molar-refractivity contribution is -0.138. The van der Waals surface area contributed by atoms with Crippen LogP contribution in [0.5, 0.6) is 0 Å². The zero-order valence-electron chi connectivity index (χ0n) is 10.2. The average Bonchev–Trinajstić information content (AvgIpc) is 2.26. The second-order valence-corrected chi connectivity index (χ2v) is 4.16. The summed E-state index contributed by atoms with van der Waals surface area (Å²) in [7, 11) is 0. The lowest BCUT2D eigenvalue weighted by Crippen LogP contribution is -2.29. The molecule has 0 saturated carbocycles. The second-order valence-electron chi connectivity index (χ2n) is 4.16. The number of carbonyl (C=O) groups is 1. The molecule has 0 bridgehead atoms. The molecule has 2 N–H and O–H groups in total. The lowest BCUT2D eigenvalue weighted by atomic mass is 10.1. The van der Waals surface area contributed by atoms with Crippen molar-refractivity contribution in [3.8, 4) is 0 Å². The number of carboxylic acids is 1. The number of hydrogen-bond donors (Lipinski definition) is 2. The van der Waals surface area contributed by atoms with Gasteiger partial charge in [0.15, 0.2) is 0 Å². The maximum Gasteiger partial charge on any atom is 0.326 e. The summed E-state index contributed by atoms with van der Waals surface area (Å²) >= 11 is 0. The van der Waals surface area contributed by atoms with Crippen molar-refractivity contribution in [2.75, 3.05) is 5.32 Å². The van der Waals surface area contributed by atoms with Crippen LogP contribution in [-0.2, 0) is 4.79 Å². The van der Waals surface area contributed by atoms with E-state index in [-0.39, 0.29) is 5.69 Å². The maximum atomic E-state index is 13.5. The molecule has 0 saturated heterocycles. The molecule has 94 valence electrons. The Kier molecular flexibility index (Phi) is 4.94. The van der Waals surface area contributed by atoms with E-state index >= 15 is 0 Å². The first kappa shape index (κ1) is 13.5. The summed E-state index contributed by atoms with van der Waals surface area (Å²) in [6.07, 6.45) is 2.22. The van der Waals surface area contributed by atoms with E-state index in [0.29, 0.717) is 6.42 Å². The summed E-state index contributed by atoms with van der Waals surface area (Å²) in [6.45, 7) is 3.78. The van der Waals surface area contributed by atoms with Gasteiger partial charge in [-0.05, 0) is 31.0 Å². The van der Waals surface area contributed by atoms with Crippen molar-refractivity contribution in [3.63, 3.8) is 0 Å². The molecule has 1 atom stereocenters. The number of hydrogen-bond acceptors (Lipinski definition) is 2. The highest BCUT2D eigenvalue weighted by Gasteiger charge is 2.17. The van der Waals surface area contributed by atoms with Crippen LogP contribution in [0.2, 0.25) is 0 Å². The van der Waals surface area contributed by atoms with E-state index in [4.69, 9.17) is 5.11 Å². The Labute approximate surface area is 101 Å². The van der Waals surface area contributed by atoms with Crippen LogP contribution in [0.3, 0.4) is 0 Å². The molecule has 1 aromatic carbocycles. The quantitative estimate of drug-likeness (QED) is 0.801. The van der Waals surface area contributed by atoms with Gasteiger partial charge in [-0.3, -0.25) is 0 Å². The van der Waals surface area contributed by atoms with Crippen LogP contribution in [0, 0.1) is 12.7 Å². The molecule has 1 aromatic rings. The third kappa shape index (κ3) is 4.06. The molecule has 3 nitrogen and oxygen atoms in total. The van der Waals surface area contributed by atoms with E-state index in [1.54, 1.807) is 19.1 Å². The highest BCUT2D eigenvalue weighted by atomic mass is 19.1. The fourth-order valence-corrected chi connectivity index (χ4v) is 1.59. The van der Waals surface area contributed by atoms with Gasteiger partial charge >= 0.3 is 5.97 Å². The standard InChI is InChI=1S/C13H18FNO2/c1-3-4-5-12(13(16)17)15-11-7-6-9(2)8-10(11)14/h6-8,12,15H,3-5H2,1-2H3,(H,16,17). The van der Waals surface area contributed by atoms with Crippen molar-refractivity contribution in [1.29, 1.82) is 0 Å². The molecule has 1 unspecified atom stereocenters. The van der Waals surface area contributed by atoms with Gasteiger partial charge in [0.1, 0.15) is 11.9 Å². The molecule has 0 amide bonds. The SMILES string of the molecule is CCCCC(Nc1ccc(C)cc1F)C(=O)O. The smallest absolute Gasteiger partial charge is 0.326 e. The zero-order valence-corrected chi connectivity index (χ0v) is 10.2. The van der Waals surface area contributed by atoms with Crippen LogP contribution >= 0.6 is 0 Å². The summed E-state index contributed by atoms with van der Waals surface area (Å²) in [4.78, 5) is 11.0. The fraction of sp³-hybridized carbons (Fsp3) is 0.462. The van der Waals surface area contributed by atoms with Gasteiger partial charge in [-0.15, -0.1) is 0 Å². The Bertz CT molecular complexity index is 393. The van der Waals surface area contributed by atoms with E-state index in [9.17, 15) is 9.18 Å². The molecule has 0 aromatic heterocycles. The normalized spacial score (nSPS) is 12.2. The molecule has 0 spiro atoms. The van der Waals surface area contributed by atoms with Gasteiger partial charge in [0.05, 0.1) is 5.69 Å². The van der Waals surface area contributed by atoms with Gasteiger partial charge in [-0.1, -0.05) is 25.8 Å². The maximum absolute atomic E-state index is 13.5. The van der Waals surface area contributed by atoms with Crippen LogP contribution in [0.25, 0.3) is 0 Å². The van der Waals surface area contributed by atoms with Crippen LogP contribution in [0.4, 0.5) is 10.1 Å². The summed E-state index contributed by atoms with van der Waals surface area (Å²) in [5.74, 6) is -1.36. The van der Waals surface area contributed by atoms with Gasteiger partial charge in [0.25, 0.3) is 0 Å². The Balaban J connectivity index is 2.75. The van der Waals surface area contributed by atoms with Crippen molar-refractivity contribution in [1.82, 2.24) is 0 Å². The minimum Gasteiger partial charge on any atom is -0.480 e. The molecule has 0 radical (unpaired) electrons. The van der Waals surface area contributed by atoms with Gasteiger partial charge in [0, 0.05) is 0 Å². The van der Waals surface area contributed by atoms with Crippen molar-refractivity contribution >= 4 is 11.7 Å². The molecule has 0 aliphatic rings. The van der Waals surface area contributed by atoms with E-state index in [1.165, 1.54) is 6.07 Å². The average molecular weight is 239 g/mol. The van der Waals surface area contributed by atoms with E-state index < -0.39 is 17.8 Å². The van der Waals surface area contributed by atoms with Crippen molar-refractivity contribution < 1.29 is 14.3 Å². The Hall–Kier alpha value is -1.58. The number of halogens is 1. The van der Waals surface area contributed by atoms with Crippen molar-refractivity contribution in [2.24, 2.45) is 0 Å². The predicted octanol–water partition coefficient (Wildman–Crippen LogP) is 3.19. The second kappa shape index (κ2) is 6.23. The summed E-state index contributed by atoms with van der Waals surface area (Å²) in [5.41, 5.74) is 1.06. The summed E-state index contributed by atoms with van der Waals surface area (Å²) in [6, 6.07) is 3.99. The van der Waals surface area contributed by atoms with E-state index in [2.05, 4.69) is 5.32 Å². The number of unbranched alkanes of at least 4 members (excludes halogenated alkanes) is 1. The Morgan fingerprint density at radius 3 is 2.76 bits per heavy atom.